The first-order valence-corrected chi connectivity index (χ1v) is 12.8. The summed E-state index contributed by atoms with van der Waals surface area (Å²) in [6, 6.07) is 13.6. The van der Waals surface area contributed by atoms with Gasteiger partial charge < -0.3 is 15.5 Å². The van der Waals surface area contributed by atoms with Crippen LogP contribution in [0.4, 0.5) is 11.6 Å². The number of carbonyl (C=O) groups excluding carboxylic acids is 2. The van der Waals surface area contributed by atoms with E-state index in [4.69, 9.17) is 0 Å². The Balaban J connectivity index is 1.13. The Morgan fingerprint density at radius 1 is 1.03 bits per heavy atom. The van der Waals surface area contributed by atoms with Gasteiger partial charge in [0.15, 0.2) is 11.2 Å². The van der Waals surface area contributed by atoms with Gasteiger partial charge >= 0.3 is 0 Å². The maximum atomic E-state index is 12.7. The third-order valence-corrected chi connectivity index (χ3v) is 6.96. The van der Waals surface area contributed by atoms with Crippen molar-refractivity contribution in [3.8, 4) is 5.69 Å². The molecule has 2 aliphatic rings. The molecule has 0 saturated carbocycles. The molecule has 4 aromatic rings. The minimum Gasteiger partial charge on any atom is -0.352 e. The predicted octanol–water partition coefficient (Wildman–Crippen LogP) is 3.19. The van der Waals surface area contributed by atoms with Gasteiger partial charge in [-0.1, -0.05) is 17.3 Å². The van der Waals surface area contributed by atoms with Gasteiger partial charge in [0.1, 0.15) is 0 Å². The van der Waals surface area contributed by atoms with E-state index in [1.165, 1.54) is 17.5 Å². The molecule has 0 spiro atoms. The Morgan fingerprint density at radius 3 is 2.84 bits per heavy atom. The number of hydrogen-bond acceptors (Lipinski definition) is 7. The number of fused-ring (bicyclic) bond motifs is 2. The van der Waals surface area contributed by atoms with Crippen LogP contribution in [-0.4, -0.2) is 61.3 Å². The second-order valence-corrected chi connectivity index (χ2v) is 9.51. The zero-order valence-corrected chi connectivity index (χ0v) is 20.5. The van der Waals surface area contributed by atoms with Crippen LogP contribution in [0.2, 0.25) is 0 Å². The molecule has 1 aliphatic heterocycles. The van der Waals surface area contributed by atoms with E-state index >= 15 is 0 Å². The second kappa shape index (κ2) is 9.96. The van der Waals surface area contributed by atoms with Crippen molar-refractivity contribution in [2.45, 2.75) is 38.5 Å². The van der Waals surface area contributed by atoms with E-state index in [-0.39, 0.29) is 11.8 Å². The highest BCUT2D eigenvalue weighted by atomic mass is 16.2. The molecule has 0 unspecified atom stereocenters. The van der Waals surface area contributed by atoms with Crippen molar-refractivity contribution in [2.24, 2.45) is 0 Å². The lowest BCUT2D eigenvalue weighted by Crippen LogP contribution is -2.30. The first kappa shape index (κ1) is 23.1. The fourth-order valence-electron chi connectivity index (χ4n) is 5.03. The predicted molar refractivity (Wildman–Crippen MR) is 139 cm³/mol. The second-order valence-electron chi connectivity index (χ2n) is 9.51. The number of amides is 2. The summed E-state index contributed by atoms with van der Waals surface area (Å²) in [6.45, 7) is 2.01. The van der Waals surface area contributed by atoms with Gasteiger partial charge in [-0.3, -0.25) is 9.59 Å². The molecule has 2 amide bonds. The molecule has 10 heteroatoms. The third-order valence-electron chi connectivity index (χ3n) is 6.96. The normalized spacial score (nSPS) is 14.8. The van der Waals surface area contributed by atoms with Gasteiger partial charge in [-0.25, -0.2) is 4.98 Å². The van der Waals surface area contributed by atoms with Crippen LogP contribution in [0.15, 0.2) is 48.7 Å². The first-order valence-electron chi connectivity index (χ1n) is 12.8. The Morgan fingerprint density at radius 2 is 1.95 bits per heavy atom. The van der Waals surface area contributed by atoms with Crippen LogP contribution in [-0.2, 0) is 17.6 Å². The Hall–Kier alpha value is -4.34. The fourth-order valence-corrected chi connectivity index (χ4v) is 5.03. The van der Waals surface area contributed by atoms with Crippen molar-refractivity contribution >= 4 is 34.6 Å². The molecule has 10 nitrogen and oxygen atoms in total. The molecule has 3 heterocycles. The van der Waals surface area contributed by atoms with Gasteiger partial charge in [-0.15, -0.1) is 5.10 Å². The molecular formula is C27H28N8O2. The molecule has 0 bridgehead atoms. The molecule has 37 heavy (non-hydrogen) atoms. The van der Waals surface area contributed by atoms with E-state index in [0.717, 1.165) is 37.9 Å². The van der Waals surface area contributed by atoms with Gasteiger partial charge in [0, 0.05) is 37.3 Å². The van der Waals surface area contributed by atoms with Crippen LogP contribution in [0, 0.1) is 0 Å². The number of aryl methyl sites for hydroxylation is 2. The van der Waals surface area contributed by atoms with Crippen molar-refractivity contribution in [3.05, 3.63) is 65.4 Å². The summed E-state index contributed by atoms with van der Waals surface area (Å²) in [5.41, 5.74) is 6.14. The average Bonchev–Trinajstić information content (AvgIpc) is 3.66. The molecule has 2 N–H and O–H groups in total. The molecule has 6 rings (SSSR count). The van der Waals surface area contributed by atoms with Crippen LogP contribution in [0.25, 0.3) is 16.9 Å². The number of likely N-dealkylation sites (tertiary alicyclic amines) is 1. The maximum Gasteiger partial charge on any atom is 0.251 e. The number of benzene rings is 2. The Bertz CT molecular complexity index is 1480. The number of hydrogen-bond donors (Lipinski definition) is 2. The number of carbonyl (C=O) groups is 2. The number of nitrogens with one attached hydrogen (secondary N) is 2. The average molecular weight is 497 g/mol. The van der Waals surface area contributed by atoms with E-state index in [9.17, 15) is 9.59 Å². The van der Waals surface area contributed by atoms with Crippen LogP contribution < -0.4 is 10.6 Å². The fraction of sp³-hybridized carbons (Fsp3) is 0.333. The minimum atomic E-state index is -0.161. The van der Waals surface area contributed by atoms with E-state index in [0.29, 0.717) is 47.9 Å². The van der Waals surface area contributed by atoms with Gasteiger partial charge in [0.2, 0.25) is 11.9 Å². The topological polar surface area (TPSA) is 118 Å². The molecule has 188 valence electrons. The SMILES string of the molecule is O=C(NCCCN1CCCC1=O)c1cccc(Nc2ncc3nnn(-c4ccc5c(c4)CCC5)c3n2)c1. The summed E-state index contributed by atoms with van der Waals surface area (Å²) in [6.07, 6.45) is 7.33. The number of nitrogens with zero attached hydrogens (tertiary/aromatic N) is 6. The van der Waals surface area contributed by atoms with E-state index in [1.807, 2.05) is 17.0 Å². The highest BCUT2D eigenvalue weighted by molar-refractivity contribution is 5.95. The van der Waals surface area contributed by atoms with Gasteiger partial charge in [0.05, 0.1) is 11.9 Å². The van der Waals surface area contributed by atoms with Crippen LogP contribution in [0.5, 0.6) is 0 Å². The van der Waals surface area contributed by atoms with E-state index < -0.39 is 0 Å². The van der Waals surface area contributed by atoms with Crippen LogP contribution in [0.1, 0.15) is 47.2 Å². The summed E-state index contributed by atoms with van der Waals surface area (Å²) >= 11 is 0. The molecule has 0 radical (unpaired) electrons. The zero-order valence-electron chi connectivity index (χ0n) is 20.5. The monoisotopic (exact) mass is 496 g/mol. The molecule has 1 aliphatic carbocycles. The lowest BCUT2D eigenvalue weighted by molar-refractivity contribution is -0.127. The van der Waals surface area contributed by atoms with Crippen molar-refractivity contribution in [3.63, 3.8) is 0 Å². The van der Waals surface area contributed by atoms with Gasteiger partial charge in [-0.05, 0) is 73.6 Å². The van der Waals surface area contributed by atoms with Gasteiger partial charge in [-0.2, -0.15) is 9.67 Å². The summed E-state index contributed by atoms with van der Waals surface area (Å²) in [5, 5.41) is 14.7. The Kier molecular flexibility index (Phi) is 6.21. The number of rotatable bonds is 8. The number of aromatic nitrogens is 5. The van der Waals surface area contributed by atoms with Crippen LogP contribution in [0.3, 0.4) is 0 Å². The maximum absolute atomic E-state index is 12.7. The molecule has 1 fully saturated rings. The third kappa shape index (κ3) is 4.87. The smallest absolute Gasteiger partial charge is 0.251 e. The lowest BCUT2D eigenvalue weighted by atomic mass is 10.1. The van der Waals surface area contributed by atoms with Gasteiger partial charge in [0.25, 0.3) is 5.91 Å². The summed E-state index contributed by atoms with van der Waals surface area (Å²) in [4.78, 5) is 35.3. The standard InChI is InChI=1S/C27H28N8O2/c36-24-9-3-13-34(24)14-4-12-28-26(37)20-7-2-8-21(15-20)30-27-29-17-23-25(31-27)35(33-32-23)22-11-10-18-5-1-6-19(18)16-22/h2,7-8,10-11,15-17H,1,3-6,9,12-14H2,(H,28,37)(H,29,30,31). The van der Waals surface area contributed by atoms with Crippen LogP contribution >= 0.6 is 0 Å². The Labute approximate surface area is 214 Å². The quantitative estimate of drug-likeness (QED) is 0.360. The summed E-state index contributed by atoms with van der Waals surface area (Å²) in [5.74, 6) is 0.438. The first-order chi connectivity index (χ1) is 18.1. The summed E-state index contributed by atoms with van der Waals surface area (Å²) < 4.78 is 1.74. The highest BCUT2D eigenvalue weighted by Gasteiger charge is 2.19. The molecule has 1 saturated heterocycles. The van der Waals surface area contributed by atoms with Crippen molar-refractivity contribution < 1.29 is 9.59 Å². The number of anilines is 2. The van der Waals surface area contributed by atoms with E-state index in [1.54, 1.807) is 23.0 Å². The van der Waals surface area contributed by atoms with Crippen molar-refractivity contribution in [1.82, 2.24) is 35.2 Å². The molecule has 2 aromatic heterocycles. The van der Waals surface area contributed by atoms with Crippen molar-refractivity contribution in [1.29, 1.82) is 0 Å². The highest BCUT2D eigenvalue weighted by Crippen LogP contribution is 2.25. The van der Waals surface area contributed by atoms with E-state index in [2.05, 4.69) is 49.1 Å². The molecular weight excluding hydrogens is 468 g/mol. The molecule has 2 aromatic carbocycles. The van der Waals surface area contributed by atoms with Crippen molar-refractivity contribution in [2.75, 3.05) is 25.0 Å². The minimum absolute atomic E-state index is 0.161. The largest absolute Gasteiger partial charge is 0.352 e. The molecule has 0 atom stereocenters. The lowest BCUT2D eigenvalue weighted by Gasteiger charge is -2.15. The zero-order chi connectivity index (χ0) is 25.2. The summed E-state index contributed by atoms with van der Waals surface area (Å²) in [7, 11) is 0.